The average Bonchev–Trinajstić information content (AvgIpc) is 3.13. The largest absolute Gasteiger partial charge is 0.490 e. The number of rotatable bonds is 8. The van der Waals surface area contributed by atoms with E-state index in [0.29, 0.717) is 0 Å². The monoisotopic (exact) mass is 531 g/mol. The molecule has 1 aliphatic heterocycles. The Labute approximate surface area is 193 Å². The fourth-order valence-corrected chi connectivity index (χ4v) is 5.65. The van der Waals surface area contributed by atoms with Crippen LogP contribution in [0.3, 0.4) is 0 Å². The molecule has 8 N–H and O–H groups in total. The Kier molecular flexibility index (Phi) is 8.60. The highest BCUT2D eigenvalue weighted by Crippen LogP contribution is 2.66. The minimum absolute atomic E-state index is 0. The van der Waals surface area contributed by atoms with E-state index < -0.39 is 54.6 Å². The second-order valence-corrected chi connectivity index (χ2v) is 10.4. The van der Waals surface area contributed by atoms with Crippen LogP contribution in [0.2, 0.25) is 0 Å². The maximum Gasteiger partial charge on any atom is 0.490 e. The third kappa shape index (κ3) is 6.50. The van der Waals surface area contributed by atoms with Crippen molar-refractivity contribution in [2.24, 2.45) is 0 Å². The number of aliphatic hydroxyl groups is 2. The molecule has 6 atom stereocenters. The van der Waals surface area contributed by atoms with Crippen molar-refractivity contribution < 1.29 is 61.4 Å². The molecular formula is C10H16MgN5O13P3. The van der Waals surface area contributed by atoms with Crippen molar-refractivity contribution in [2.45, 2.75) is 24.5 Å². The van der Waals surface area contributed by atoms with Gasteiger partial charge in [-0.15, -0.1) is 0 Å². The first-order valence-electron chi connectivity index (χ1n) is 7.92. The highest BCUT2D eigenvalue weighted by molar-refractivity contribution is 7.66. The van der Waals surface area contributed by atoms with Gasteiger partial charge in [0.1, 0.15) is 30.2 Å². The molecule has 0 saturated carbocycles. The molecule has 0 aromatic carbocycles. The summed E-state index contributed by atoms with van der Waals surface area (Å²) in [4.78, 5) is 47.2. The highest BCUT2D eigenvalue weighted by Gasteiger charge is 2.47. The fraction of sp³-hybridized carbons (Fsp3) is 0.500. The van der Waals surface area contributed by atoms with E-state index in [4.69, 9.17) is 25.2 Å². The lowest BCUT2D eigenvalue weighted by molar-refractivity contribution is -0.0503. The third-order valence-electron chi connectivity index (χ3n) is 3.82. The number of ether oxygens (including phenoxy) is 1. The van der Waals surface area contributed by atoms with E-state index in [1.165, 1.54) is 10.9 Å². The lowest BCUT2D eigenvalue weighted by Gasteiger charge is -2.19. The normalized spacial score (nSPS) is 27.6. The molecule has 2 unspecified atom stereocenters. The number of nitrogen functional groups attached to an aromatic ring is 1. The molecule has 1 saturated heterocycles. The lowest BCUT2D eigenvalue weighted by atomic mass is 10.1. The first kappa shape index (κ1) is 27.6. The number of nitrogens with two attached hydrogens (primary N) is 1. The van der Waals surface area contributed by atoms with Crippen molar-refractivity contribution in [3.8, 4) is 0 Å². The first-order chi connectivity index (χ1) is 14.2. The maximum absolute atomic E-state index is 11.8. The predicted molar refractivity (Wildman–Crippen MR) is 101 cm³/mol. The van der Waals surface area contributed by atoms with E-state index >= 15 is 0 Å². The standard InChI is InChI=1S/C10H16N5O13P3.Mg/c11-8-5-9(13-2-12-8)15(3-14-5)10-7(17)6(16)4(26-10)1-25-30(21,22)28-31(23,24)27-29(18,19)20;/h2-4,6-7,10,16-17H,1H2,(H,21,22)(H,23,24)(H2,11,12,13)(H2,18,19,20);/t4-,6-,7-,10-;/m1./s1. The van der Waals surface area contributed by atoms with Gasteiger partial charge < -0.3 is 40.3 Å². The van der Waals surface area contributed by atoms with Crippen LogP contribution in [-0.4, -0.2) is 97.3 Å². The lowest BCUT2D eigenvalue weighted by Crippen LogP contribution is -2.33. The second-order valence-electron chi connectivity index (χ2n) is 6.02. The first-order valence-corrected chi connectivity index (χ1v) is 12.4. The number of phosphoric ester groups is 1. The van der Waals surface area contributed by atoms with Crippen LogP contribution < -0.4 is 5.73 Å². The minimum atomic E-state index is -5.70. The number of anilines is 1. The number of aromatic nitrogens is 4. The van der Waals surface area contributed by atoms with Gasteiger partial charge in [-0.3, -0.25) is 9.09 Å². The zero-order valence-corrected chi connectivity index (χ0v) is 19.7. The number of phosphoric acid groups is 3. The van der Waals surface area contributed by atoms with Crippen LogP contribution in [0.25, 0.3) is 11.2 Å². The summed E-state index contributed by atoms with van der Waals surface area (Å²) in [7, 11) is -16.7. The Morgan fingerprint density at radius 1 is 1.03 bits per heavy atom. The van der Waals surface area contributed by atoms with E-state index in [1.54, 1.807) is 0 Å². The van der Waals surface area contributed by atoms with E-state index in [2.05, 4.69) is 28.1 Å². The molecule has 2 aromatic rings. The van der Waals surface area contributed by atoms with Gasteiger partial charge >= 0.3 is 23.5 Å². The van der Waals surface area contributed by atoms with E-state index in [9.17, 15) is 28.8 Å². The van der Waals surface area contributed by atoms with Gasteiger partial charge in [-0.25, -0.2) is 28.6 Å². The van der Waals surface area contributed by atoms with Gasteiger partial charge in [-0.1, -0.05) is 0 Å². The number of hydrogen-bond donors (Lipinski definition) is 7. The molecule has 18 nitrogen and oxygen atoms in total. The molecule has 0 bridgehead atoms. The van der Waals surface area contributed by atoms with Gasteiger partial charge in [0.2, 0.25) is 0 Å². The summed E-state index contributed by atoms with van der Waals surface area (Å²) in [6.45, 7) is -0.956. The molecule has 0 amide bonds. The highest BCUT2D eigenvalue weighted by atomic mass is 31.3. The predicted octanol–water partition coefficient (Wildman–Crippen LogP) is -2.01. The van der Waals surface area contributed by atoms with Crippen LogP contribution in [0.4, 0.5) is 5.82 Å². The van der Waals surface area contributed by atoms with Crippen LogP contribution in [0.5, 0.6) is 0 Å². The average molecular weight is 531 g/mol. The number of hydrogen-bond acceptors (Lipinski definition) is 13. The van der Waals surface area contributed by atoms with Gasteiger partial charge in [0.05, 0.1) is 12.9 Å². The van der Waals surface area contributed by atoms with Gasteiger partial charge in [0, 0.05) is 23.1 Å². The van der Waals surface area contributed by atoms with Gasteiger partial charge in [0.15, 0.2) is 17.7 Å². The van der Waals surface area contributed by atoms with Crippen LogP contribution in [0.15, 0.2) is 12.7 Å². The third-order valence-corrected chi connectivity index (χ3v) is 7.62. The van der Waals surface area contributed by atoms with Crippen molar-refractivity contribution in [1.29, 1.82) is 0 Å². The molecule has 1 fully saturated rings. The Morgan fingerprint density at radius 3 is 2.31 bits per heavy atom. The maximum atomic E-state index is 11.8. The van der Waals surface area contributed by atoms with Crippen LogP contribution in [-0.2, 0) is 31.6 Å². The number of imidazole rings is 1. The summed E-state index contributed by atoms with van der Waals surface area (Å²) in [6.07, 6.45) is -3.69. The minimum Gasteiger partial charge on any atom is -0.387 e. The molecule has 176 valence electrons. The molecule has 2 radical (unpaired) electrons. The van der Waals surface area contributed by atoms with Gasteiger partial charge in [0.25, 0.3) is 0 Å². The summed E-state index contributed by atoms with van der Waals surface area (Å²) < 4.78 is 51.9. The second kappa shape index (κ2) is 9.95. The molecule has 32 heavy (non-hydrogen) atoms. The molecular weight excluding hydrogens is 515 g/mol. The Hall–Kier alpha value is -0.594. The summed E-state index contributed by atoms with van der Waals surface area (Å²) in [5.74, 6) is 0.0426. The molecule has 2 aromatic heterocycles. The van der Waals surface area contributed by atoms with E-state index in [1.807, 2.05) is 0 Å². The smallest absolute Gasteiger partial charge is 0.387 e. The molecule has 3 heterocycles. The van der Waals surface area contributed by atoms with Crippen molar-refractivity contribution in [2.75, 3.05) is 12.3 Å². The Balaban J connectivity index is 0.00000363. The Bertz CT molecular complexity index is 1110. The van der Waals surface area contributed by atoms with Crippen LogP contribution in [0.1, 0.15) is 6.23 Å². The Morgan fingerprint density at radius 2 is 1.69 bits per heavy atom. The number of fused-ring (bicyclic) bond motifs is 1. The van der Waals surface area contributed by atoms with Gasteiger partial charge in [-0.05, 0) is 0 Å². The summed E-state index contributed by atoms with van der Waals surface area (Å²) >= 11 is 0. The van der Waals surface area contributed by atoms with Crippen LogP contribution >= 0.6 is 23.5 Å². The van der Waals surface area contributed by atoms with Crippen LogP contribution in [0, 0.1) is 0 Å². The molecule has 22 heteroatoms. The zero-order valence-electron chi connectivity index (χ0n) is 15.6. The quantitative estimate of drug-likeness (QED) is 0.143. The molecule has 0 spiro atoms. The summed E-state index contributed by atoms with van der Waals surface area (Å²) in [6, 6.07) is 0. The molecule has 1 aliphatic rings. The fourth-order valence-electron chi connectivity index (χ4n) is 2.62. The molecule has 0 aliphatic carbocycles. The topological polar surface area (TPSA) is 279 Å². The van der Waals surface area contributed by atoms with Crippen molar-refractivity contribution >= 4 is 63.5 Å². The van der Waals surface area contributed by atoms with Crippen molar-refractivity contribution in [1.82, 2.24) is 19.5 Å². The summed E-state index contributed by atoms with van der Waals surface area (Å²) in [5, 5.41) is 20.4. The van der Waals surface area contributed by atoms with Crippen molar-refractivity contribution in [3.63, 3.8) is 0 Å². The van der Waals surface area contributed by atoms with E-state index in [-0.39, 0.29) is 40.0 Å². The SMILES string of the molecule is Nc1ncnc2c1ncn2[C@@H]1O[C@H](COP(=O)(O)OP(=O)(O)OP(=O)(O)O)[C@@H](O)[C@H]1O.[Mg]. The van der Waals surface area contributed by atoms with Crippen molar-refractivity contribution in [3.05, 3.63) is 12.7 Å². The number of aliphatic hydroxyl groups excluding tert-OH is 2. The van der Waals surface area contributed by atoms with Gasteiger partial charge in [-0.2, -0.15) is 8.62 Å². The molecule has 3 rings (SSSR count). The summed E-state index contributed by atoms with van der Waals surface area (Å²) in [5.41, 5.74) is 6.00. The van der Waals surface area contributed by atoms with E-state index in [0.717, 1.165) is 6.33 Å². The number of nitrogens with zero attached hydrogens (tertiary/aromatic N) is 4. The zero-order chi connectivity index (χ0) is 23.2.